The molecule has 110 valence electrons. The summed E-state index contributed by atoms with van der Waals surface area (Å²) in [6.07, 6.45) is 2.44. The highest BCUT2D eigenvalue weighted by Crippen LogP contribution is 2.13. The van der Waals surface area contributed by atoms with Crippen LogP contribution in [0.4, 0.5) is 0 Å². The molecule has 0 spiro atoms. The van der Waals surface area contributed by atoms with E-state index in [1.165, 1.54) is 12.1 Å². The zero-order chi connectivity index (χ0) is 15.2. The monoisotopic (exact) mass is 318 g/mol. The average Bonchev–Trinajstić information content (AvgIpc) is 2.35. The third-order valence-corrected chi connectivity index (χ3v) is 4.33. The highest BCUT2D eigenvalue weighted by atomic mass is 32.2. The van der Waals surface area contributed by atoms with E-state index in [1.807, 2.05) is 6.92 Å². The summed E-state index contributed by atoms with van der Waals surface area (Å²) in [6.45, 7) is 5.06. The molecule has 1 rings (SSSR count). The fourth-order valence-electron chi connectivity index (χ4n) is 1.15. The zero-order valence-electron chi connectivity index (χ0n) is 10.7. The van der Waals surface area contributed by atoms with Gasteiger partial charge in [-0.3, -0.25) is 0 Å². The molecule has 0 fully saturated rings. The molecular weight excluding hydrogens is 304 g/mol. The number of hydrogen-bond acceptors (Lipinski definition) is 6. The summed E-state index contributed by atoms with van der Waals surface area (Å²) in [5.41, 5.74) is 0.901. The van der Waals surface area contributed by atoms with E-state index in [2.05, 4.69) is 14.9 Å². The molecule has 1 aromatic carbocycles. The summed E-state index contributed by atoms with van der Waals surface area (Å²) in [7, 11) is -7.79. The minimum Gasteiger partial charge on any atom is -0.387 e. The van der Waals surface area contributed by atoms with Gasteiger partial charge < -0.3 is 8.37 Å². The Hall–Kier alpha value is -1.80. The third kappa shape index (κ3) is 5.06. The fraction of sp³-hybridized carbons (Fsp3) is 0.167. The van der Waals surface area contributed by atoms with Crippen LogP contribution < -0.4 is 0 Å². The van der Waals surface area contributed by atoms with Crippen LogP contribution in [0.2, 0.25) is 0 Å². The Morgan fingerprint density at radius 2 is 1.60 bits per heavy atom. The van der Waals surface area contributed by atoms with E-state index < -0.39 is 20.2 Å². The van der Waals surface area contributed by atoms with Crippen molar-refractivity contribution in [1.82, 2.24) is 0 Å². The highest BCUT2D eigenvalue weighted by Gasteiger charge is 2.13. The van der Waals surface area contributed by atoms with Crippen LogP contribution in [0.3, 0.4) is 0 Å². The summed E-state index contributed by atoms with van der Waals surface area (Å²) in [5, 5.41) is 0. The van der Waals surface area contributed by atoms with Crippen molar-refractivity contribution < 1.29 is 25.2 Å². The maximum Gasteiger partial charge on any atom is 0.338 e. The second-order valence-electron chi connectivity index (χ2n) is 3.74. The summed E-state index contributed by atoms with van der Waals surface area (Å²) < 4.78 is 54.5. The maximum atomic E-state index is 11.7. The van der Waals surface area contributed by atoms with Crippen LogP contribution in [-0.2, 0) is 28.6 Å². The number of aryl methyl sites for hydroxylation is 1. The third-order valence-electron chi connectivity index (χ3n) is 2.07. The first-order valence-electron chi connectivity index (χ1n) is 5.44. The Morgan fingerprint density at radius 1 is 1.05 bits per heavy atom. The Balaban J connectivity index is 2.69. The van der Waals surface area contributed by atoms with Gasteiger partial charge in [0.25, 0.3) is 0 Å². The molecule has 8 heteroatoms. The quantitative estimate of drug-likeness (QED) is 0.432. The van der Waals surface area contributed by atoms with Gasteiger partial charge in [0, 0.05) is 0 Å². The smallest absolute Gasteiger partial charge is 0.338 e. The molecule has 0 aromatic heterocycles. The van der Waals surface area contributed by atoms with E-state index in [0.29, 0.717) is 12.5 Å². The average molecular weight is 318 g/mol. The summed E-state index contributed by atoms with van der Waals surface area (Å²) in [5.74, 6) is -0.387. The van der Waals surface area contributed by atoms with Crippen LogP contribution in [0.1, 0.15) is 5.56 Å². The molecule has 20 heavy (non-hydrogen) atoms. The van der Waals surface area contributed by atoms with E-state index in [4.69, 9.17) is 0 Å². The van der Waals surface area contributed by atoms with Crippen molar-refractivity contribution in [1.29, 1.82) is 0 Å². The Bertz CT molecular complexity index is 684. The molecule has 0 aliphatic heterocycles. The van der Waals surface area contributed by atoms with Crippen LogP contribution in [0, 0.1) is 6.92 Å². The van der Waals surface area contributed by atoms with E-state index in [9.17, 15) is 16.8 Å². The molecule has 0 atom stereocenters. The molecule has 0 bridgehead atoms. The molecule has 0 saturated carbocycles. The molecule has 1 aromatic rings. The molecule has 0 aliphatic rings. The van der Waals surface area contributed by atoms with Gasteiger partial charge in [-0.25, -0.2) is 0 Å². The standard InChI is InChI=1S/C12H14O6S2/c1-3-10-19(13,14)17-8-9-18-20(15,16)12-6-4-11(2)5-7-12/h3-9H,1,10H2,2H3. The van der Waals surface area contributed by atoms with Crippen molar-refractivity contribution in [3.63, 3.8) is 0 Å². The van der Waals surface area contributed by atoms with Gasteiger partial charge in [-0.1, -0.05) is 23.8 Å². The SMILES string of the molecule is C=CCS(=O)(=O)OC=COS(=O)(=O)c1ccc(C)cc1. The minimum absolute atomic E-state index is 0.0401. The molecule has 0 radical (unpaired) electrons. The van der Waals surface area contributed by atoms with Crippen molar-refractivity contribution in [3.8, 4) is 0 Å². The first-order valence-corrected chi connectivity index (χ1v) is 8.42. The molecule has 0 heterocycles. The summed E-state index contributed by atoms with van der Waals surface area (Å²) >= 11 is 0. The van der Waals surface area contributed by atoms with E-state index >= 15 is 0 Å². The topological polar surface area (TPSA) is 86.7 Å². The van der Waals surface area contributed by atoms with E-state index in [-0.39, 0.29) is 10.6 Å². The van der Waals surface area contributed by atoms with Gasteiger partial charge >= 0.3 is 20.2 Å². The van der Waals surface area contributed by atoms with Crippen LogP contribution in [0.5, 0.6) is 0 Å². The molecule has 0 aliphatic carbocycles. The predicted octanol–water partition coefficient (Wildman–Crippen LogP) is 1.70. The molecule has 0 saturated heterocycles. The number of hydrogen-bond donors (Lipinski definition) is 0. The lowest BCUT2D eigenvalue weighted by Crippen LogP contribution is -2.05. The second-order valence-corrected chi connectivity index (χ2v) is 6.96. The van der Waals surface area contributed by atoms with Gasteiger partial charge in [-0.2, -0.15) is 16.8 Å². The van der Waals surface area contributed by atoms with E-state index in [1.54, 1.807) is 12.1 Å². The van der Waals surface area contributed by atoms with Crippen LogP contribution in [-0.4, -0.2) is 22.6 Å². The Morgan fingerprint density at radius 3 is 2.15 bits per heavy atom. The molecule has 6 nitrogen and oxygen atoms in total. The Kier molecular flexibility index (Phi) is 5.34. The fourth-order valence-corrected chi connectivity index (χ4v) is 2.50. The molecular formula is C12H14O6S2. The lowest BCUT2D eigenvalue weighted by atomic mass is 10.2. The maximum absolute atomic E-state index is 11.7. The number of rotatable bonds is 7. The van der Waals surface area contributed by atoms with Crippen LogP contribution >= 0.6 is 0 Å². The van der Waals surface area contributed by atoms with Crippen molar-refractivity contribution in [2.45, 2.75) is 11.8 Å². The van der Waals surface area contributed by atoms with Crippen LogP contribution in [0.25, 0.3) is 0 Å². The minimum atomic E-state index is -3.99. The predicted molar refractivity (Wildman–Crippen MR) is 73.7 cm³/mol. The van der Waals surface area contributed by atoms with Crippen molar-refractivity contribution >= 4 is 20.2 Å². The van der Waals surface area contributed by atoms with Gasteiger partial charge in [0.05, 0.1) is 0 Å². The molecule has 0 N–H and O–H groups in total. The molecule has 0 unspecified atom stereocenters. The van der Waals surface area contributed by atoms with Gasteiger partial charge in [0.15, 0.2) is 0 Å². The first kappa shape index (κ1) is 16.3. The van der Waals surface area contributed by atoms with Crippen molar-refractivity contribution in [3.05, 3.63) is 55.0 Å². The van der Waals surface area contributed by atoms with Gasteiger partial charge in [0.2, 0.25) is 0 Å². The molecule has 0 amide bonds. The summed E-state index contributed by atoms with van der Waals surface area (Å²) in [6, 6.07) is 6.00. The number of benzene rings is 1. The van der Waals surface area contributed by atoms with Crippen molar-refractivity contribution in [2.75, 3.05) is 5.75 Å². The lowest BCUT2D eigenvalue weighted by molar-refractivity contribution is 0.403. The first-order chi connectivity index (χ1) is 9.27. The van der Waals surface area contributed by atoms with Gasteiger partial charge in [-0.15, -0.1) is 6.58 Å². The largest absolute Gasteiger partial charge is 0.387 e. The van der Waals surface area contributed by atoms with Crippen molar-refractivity contribution in [2.24, 2.45) is 0 Å². The highest BCUT2D eigenvalue weighted by molar-refractivity contribution is 7.87. The normalized spacial score (nSPS) is 12.2. The van der Waals surface area contributed by atoms with Crippen LogP contribution in [0.15, 0.2) is 54.3 Å². The lowest BCUT2D eigenvalue weighted by Gasteiger charge is -2.03. The Labute approximate surface area is 118 Å². The van der Waals surface area contributed by atoms with E-state index in [0.717, 1.165) is 11.6 Å². The van der Waals surface area contributed by atoms with Gasteiger partial charge in [0.1, 0.15) is 23.2 Å². The second kappa shape index (κ2) is 6.58. The zero-order valence-corrected chi connectivity index (χ0v) is 12.4. The van der Waals surface area contributed by atoms with Gasteiger partial charge in [-0.05, 0) is 19.1 Å². The summed E-state index contributed by atoms with van der Waals surface area (Å²) in [4.78, 5) is -0.0401.